The first-order valence-electron chi connectivity index (χ1n) is 12.0. The summed E-state index contributed by atoms with van der Waals surface area (Å²) >= 11 is 0. The number of nitrogens with zero attached hydrogens (tertiary/aromatic N) is 1. The molecule has 1 fully saturated rings. The fourth-order valence-corrected chi connectivity index (χ4v) is 5.42. The number of carbonyl (C=O) groups is 1. The Morgan fingerprint density at radius 3 is 1.70 bits per heavy atom. The number of rotatable bonds is 4. The minimum absolute atomic E-state index is 0.00539. The van der Waals surface area contributed by atoms with Crippen molar-refractivity contribution in [3.8, 4) is 0 Å². The third-order valence-corrected chi connectivity index (χ3v) is 7.29. The van der Waals surface area contributed by atoms with Crippen molar-refractivity contribution in [3.63, 3.8) is 0 Å². The lowest BCUT2D eigenvalue weighted by Crippen LogP contribution is -2.49. The zero-order valence-corrected chi connectivity index (χ0v) is 19.7. The van der Waals surface area contributed by atoms with Gasteiger partial charge < -0.3 is 19.1 Å². The average Bonchev–Trinajstić information content (AvgIpc) is 3.50. The second-order valence-electron chi connectivity index (χ2n) is 9.69. The number of halogens is 6. The van der Waals surface area contributed by atoms with E-state index in [0.29, 0.717) is 39.3 Å². The Labute approximate surface area is 209 Å². The van der Waals surface area contributed by atoms with Gasteiger partial charge in [-0.15, -0.1) is 0 Å². The summed E-state index contributed by atoms with van der Waals surface area (Å²) in [6, 6.07) is 12.4. The summed E-state index contributed by atoms with van der Waals surface area (Å²) in [5, 5.41) is 0. The van der Waals surface area contributed by atoms with Crippen LogP contribution in [0.4, 0.5) is 31.1 Å². The van der Waals surface area contributed by atoms with E-state index in [-0.39, 0.29) is 24.9 Å². The normalized spacial score (nSPS) is 18.4. The molecule has 1 amide bonds. The van der Waals surface area contributed by atoms with Gasteiger partial charge >= 0.3 is 18.4 Å². The molecule has 0 atom stereocenters. The highest BCUT2D eigenvalue weighted by atomic mass is 19.4. The molecule has 5 rings (SSSR count). The molecule has 0 radical (unpaired) electrons. The molecule has 0 bridgehead atoms. The number of carbonyl (C=O) groups excluding carboxylic acids is 1. The summed E-state index contributed by atoms with van der Waals surface area (Å²) in [7, 11) is 0. The molecule has 37 heavy (non-hydrogen) atoms. The Morgan fingerprint density at radius 2 is 1.24 bits per heavy atom. The number of ether oxygens (including phenoxy) is 3. The summed E-state index contributed by atoms with van der Waals surface area (Å²) in [4.78, 5) is 13.2. The van der Waals surface area contributed by atoms with Crippen LogP contribution in [0.2, 0.25) is 0 Å². The molecule has 3 heterocycles. The molecular formula is C26H25F6NO4. The van der Waals surface area contributed by atoms with Gasteiger partial charge in [0.15, 0.2) is 0 Å². The quantitative estimate of drug-likeness (QED) is 0.442. The number of likely N-dealkylation sites (tertiary alicyclic amines) is 1. The van der Waals surface area contributed by atoms with Crippen LogP contribution in [0.5, 0.6) is 0 Å². The number of piperidine rings is 1. The molecule has 2 aromatic carbocycles. The van der Waals surface area contributed by atoms with Gasteiger partial charge in [0.05, 0.1) is 26.4 Å². The second kappa shape index (κ2) is 9.83. The van der Waals surface area contributed by atoms with Crippen LogP contribution in [0, 0.1) is 5.92 Å². The van der Waals surface area contributed by atoms with E-state index in [2.05, 4.69) is 16.9 Å². The van der Waals surface area contributed by atoms with Crippen molar-refractivity contribution in [1.29, 1.82) is 0 Å². The van der Waals surface area contributed by atoms with Crippen LogP contribution in [-0.4, -0.2) is 42.5 Å². The minimum atomic E-state index is -5.74. The van der Waals surface area contributed by atoms with Gasteiger partial charge in [-0.05, 0) is 52.1 Å². The number of hydrogen-bond donors (Lipinski definition) is 0. The van der Waals surface area contributed by atoms with E-state index in [9.17, 15) is 31.1 Å². The highest BCUT2D eigenvalue weighted by molar-refractivity contribution is 5.68. The van der Waals surface area contributed by atoms with Crippen LogP contribution in [0.1, 0.15) is 52.1 Å². The molecule has 3 aliphatic rings. The van der Waals surface area contributed by atoms with Crippen LogP contribution in [0.3, 0.4) is 0 Å². The lowest BCUT2D eigenvalue weighted by atomic mass is 9.75. The van der Waals surface area contributed by atoms with Crippen LogP contribution in [0.25, 0.3) is 0 Å². The number of fused-ring (bicyclic) bond motifs is 2. The van der Waals surface area contributed by atoms with Gasteiger partial charge in [0, 0.05) is 19.0 Å². The van der Waals surface area contributed by atoms with E-state index in [0.717, 1.165) is 38.3 Å². The monoisotopic (exact) mass is 529 g/mol. The maximum absolute atomic E-state index is 12.8. The van der Waals surface area contributed by atoms with Crippen LogP contribution in [0.15, 0.2) is 36.4 Å². The summed E-state index contributed by atoms with van der Waals surface area (Å²) in [6.45, 7) is 2.10. The van der Waals surface area contributed by atoms with Crippen molar-refractivity contribution in [2.24, 2.45) is 5.92 Å². The maximum Gasteiger partial charge on any atom is 0.434 e. The lowest BCUT2D eigenvalue weighted by molar-refractivity contribution is -0.308. The van der Waals surface area contributed by atoms with Gasteiger partial charge in [0.25, 0.3) is 6.10 Å². The molecule has 0 spiro atoms. The topological polar surface area (TPSA) is 48.0 Å². The highest BCUT2D eigenvalue weighted by Gasteiger charge is 2.60. The van der Waals surface area contributed by atoms with Crippen molar-refractivity contribution >= 4 is 6.09 Å². The molecule has 5 nitrogen and oxygen atoms in total. The fourth-order valence-electron chi connectivity index (χ4n) is 5.42. The van der Waals surface area contributed by atoms with E-state index in [1.807, 2.05) is 24.3 Å². The largest absolute Gasteiger partial charge is 0.434 e. The predicted octanol–water partition coefficient (Wildman–Crippen LogP) is 6.22. The van der Waals surface area contributed by atoms with Gasteiger partial charge in [-0.3, -0.25) is 0 Å². The predicted molar refractivity (Wildman–Crippen MR) is 118 cm³/mol. The van der Waals surface area contributed by atoms with Crippen molar-refractivity contribution in [3.05, 3.63) is 69.8 Å². The van der Waals surface area contributed by atoms with Gasteiger partial charge in [-0.2, -0.15) is 26.3 Å². The summed E-state index contributed by atoms with van der Waals surface area (Å²) in [5.41, 5.74) is 6.53. The highest BCUT2D eigenvalue weighted by Crippen LogP contribution is 2.41. The molecule has 11 heteroatoms. The van der Waals surface area contributed by atoms with Crippen LogP contribution >= 0.6 is 0 Å². The Balaban J connectivity index is 1.35. The van der Waals surface area contributed by atoms with Gasteiger partial charge in [0.1, 0.15) is 0 Å². The lowest BCUT2D eigenvalue weighted by Gasteiger charge is -2.37. The third kappa shape index (κ3) is 5.43. The van der Waals surface area contributed by atoms with Gasteiger partial charge in [-0.25, -0.2) is 4.79 Å². The first kappa shape index (κ1) is 25.8. The average molecular weight is 529 g/mol. The summed E-state index contributed by atoms with van der Waals surface area (Å²) < 4.78 is 92.0. The summed E-state index contributed by atoms with van der Waals surface area (Å²) in [5.74, 6) is -0.0705. The van der Waals surface area contributed by atoms with Crippen molar-refractivity contribution in [1.82, 2.24) is 4.90 Å². The maximum atomic E-state index is 12.8. The molecule has 200 valence electrons. The van der Waals surface area contributed by atoms with E-state index in [1.54, 1.807) is 0 Å². The fraction of sp³-hybridized carbons (Fsp3) is 0.500. The molecule has 0 aromatic heterocycles. The Kier molecular flexibility index (Phi) is 6.86. The molecule has 3 aliphatic heterocycles. The number of hydrogen-bond acceptors (Lipinski definition) is 4. The second-order valence-corrected chi connectivity index (χ2v) is 9.69. The van der Waals surface area contributed by atoms with Crippen molar-refractivity contribution < 1.29 is 45.3 Å². The summed E-state index contributed by atoms with van der Waals surface area (Å²) in [6.07, 6.45) is -16.5. The zero-order chi connectivity index (χ0) is 26.4. The number of amides is 1. The van der Waals surface area contributed by atoms with E-state index >= 15 is 0 Å². The van der Waals surface area contributed by atoms with Gasteiger partial charge in [-0.1, -0.05) is 36.4 Å². The SMILES string of the molecule is O=C(OC(C(F)(F)F)C(F)(F)F)N1CCC(C(c2ccc3c(c2)COC3)c2ccc3c(c2)COC3)CC1. The molecule has 0 aliphatic carbocycles. The van der Waals surface area contributed by atoms with Crippen LogP contribution in [-0.2, 0) is 40.6 Å². The zero-order valence-electron chi connectivity index (χ0n) is 19.7. The first-order chi connectivity index (χ1) is 17.5. The number of benzene rings is 2. The molecule has 2 aromatic rings. The molecule has 0 N–H and O–H groups in total. The van der Waals surface area contributed by atoms with Crippen molar-refractivity contribution in [2.75, 3.05) is 13.1 Å². The smallest absolute Gasteiger partial charge is 0.426 e. The molecule has 0 unspecified atom stereocenters. The minimum Gasteiger partial charge on any atom is -0.426 e. The first-order valence-corrected chi connectivity index (χ1v) is 12.0. The van der Waals surface area contributed by atoms with E-state index < -0.39 is 24.5 Å². The molecule has 0 saturated carbocycles. The molecular weight excluding hydrogens is 504 g/mol. The third-order valence-electron chi connectivity index (χ3n) is 7.29. The van der Waals surface area contributed by atoms with Gasteiger partial charge in [0.2, 0.25) is 0 Å². The Hall–Kier alpha value is -2.79. The Morgan fingerprint density at radius 1 is 0.784 bits per heavy atom. The standard InChI is InChI=1S/C26H25F6NO4/c27-25(28,29)23(26(30,31)32)37-24(34)33-7-5-15(6-8-33)22(16-1-3-18-11-35-13-20(18)9-16)17-2-4-19-12-36-14-21(19)10-17/h1-4,9-10,15,22-23H,5-8,11-14H2. The van der Waals surface area contributed by atoms with Crippen molar-refractivity contribution in [2.45, 2.75) is 63.6 Å². The van der Waals surface area contributed by atoms with Crippen LogP contribution < -0.4 is 0 Å². The van der Waals surface area contributed by atoms with E-state index in [4.69, 9.17) is 9.47 Å². The number of alkyl halides is 6. The van der Waals surface area contributed by atoms with E-state index in [1.165, 1.54) is 0 Å². The Bertz CT molecular complexity index is 1090. The molecule has 1 saturated heterocycles.